The van der Waals surface area contributed by atoms with Crippen LogP contribution in [0.2, 0.25) is 0 Å². The van der Waals surface area contributed by atoms with E-state index in [1.807, 2.05) is 13.8 Å². The lowest BCUT2D eigenvalue weighted by Gasteiger charge is -2.30. The fraction of sp³-hybridized carbons (Fsp3) is 0.636. The summed E-state index contributed by atoms with van der Waals surface area (Å²) < 4.78 is 0. The van der Waals surface area contributed by atoms with E-state index < -0.39 is 193 Å². The number of benzene rings is 1. The number of unbranched alkanes of at least 4 members (excludes halogenated alkanes) is 1. The summed E-state index contributed by atoms with van der Waals surface area (Å²) in [7, 11) is 0. The van der Waals surface area contributed by atoms with Gasteiger partial charge < -0.3 is 96.4 Å². The number of nitrogens with zero attached hydrogens (tertiary/aromatic N) is 2. The topological polar surface area (TPSA) is 565 Å². The summed E-state index contributed by atoms with van der Waals surface area (Å²) in [4.78, 5) is 201. The van der Waals surface area contributed by atoms with Crippen molar-refractivity contribution in [3.63, 3.8) is 0 Å². The van der Waals surface area contributed by atoms with Crippen LogP contribution in [0.4, 0.5) is 0 Å². The largest absolute Gasteiger partial charge is 0.481 e. The minimum Gasteiger partial charge on any atom is -0.481 e. The highest BCUT2D eigenvalue weighted by atomic mass is 32.2. The zero-order valence-corrected chi connectivity index (χ0v) is 59.5. The number of aromatic nitrogens is 2. The normalized spacial score (nSPS) is 16.9. The van der Waals surface area contributed by atoms with E-state index in [1.165, 1.54) is 24.3 Å². The molecule has 35 heteroatoms. The lowest BCUT2D eigenvalue weighted by Crippen LogP contribution is -2.61. The molecular weight excluding hydrogens is 1330 g/mol. The molecule has 2 aromatic rings. The molecule has 101 heavy (non-hydrogen) atoms. The van der Waals surface area contributed by atoms with E-state index in [0.717, 1.165) is 6.42 Å². The number of carbonyl (C=O) groups excluding carboxylic acids is 11. The molecule has 1 aromatic heterocycles. The summed E-state index contributed by atoms with van der Waals surface area (Å²) >= 11 is 1.34. The Hall–Kier alpha value is -9.09. The first kappa shape index (κ1) is 86.1. The number of nitrogens with one attached hydrogen (secondary N) is 11. The number of carboxylic acids is 3. The van der Waals surface area contributed by atoms with Crippen LogP contribution in [-0.4, -0.2) is 205 Å². The molecule has 1 aliphatic rings. The van der Waals surface area contributed by atoms with Crippen molar-refractivity contribution < 1.29 is 82.4 Å². The number of primary amides is 1. The predicted molar refractivity (Wildman–Crippen MR) is 373 cm³/mol. The van der Waals surface area contributed by atoms with Crippen LogP contribution in [0.1, 0.15) is 150 Å². The molecule has 3 rings (SSSR count). The van der Waals surface area contributed by atoms with Crippen molar-refractivity contribution in [2.45, 2.75) is 224 Å². The Balaban J connectivity index is 1.93. The highest BCUT2D eigenvalue weighted by Crippen LogP contribution is 2.25. The van der Waals surface area contributed by atoms with Crippen molar-refractivity contribution in [1.29, 1.82) is 0 Å². The first-order valence-corrected chi connectivity index (χ1v) is 35.1. The van der Waals surface area contributed by atoms with Gasteiger partial charge in [-0.15, -0.1) is 11.8 Å². The van der Waals surface area contributed by atoms with E-state index in [2.05, 4.69) is 68.1 Å². The summed E-state index contributed by atoms with van der Waals surface area (Å²) in [6.45, 7) is 14.0. The Morgan fingerprint density at radius 3 is 1.62 bits per heavy atom. The molecule has 0 aliphatic carbocycles. The predicted octanol–water partition coefficient (Wildman–Crippen LogP) is -1.76. The van der Waals surface area contributed by atoms with Gasteiger partial charge >= 0.3 is 17.9 Å². The maximum absolute atomic E-state index is 14.7. The molecule has 1 aliphatic heterocycles. The fourth-order valence-corrected chi connectivity index (χ4v) is 11.7. The number of amides is 11. The van der Waals surface area contributed by atoms with Crippen LogP contribution in [-0.2, 0) is 80.0 Å². The van der Waals surface area contributed by atoms with Gasteiger partial charge in [-0.05, 0) is 87.1 Å². The van der Waals surface area contributed by atoms with Gasteiger partial charge in [0, 0.05) is 37.0 Å². The minimum absolute atomic E-state index is 0.0138. The molecule has 562 valence electrons. The first-order valence-electron chi connectivity index (χ1n) is 34.1. The number of aromatic amines is 1. The second kappa shape index (κ2) is 44.2. The summed E-state index contributed by atoms with van der Waals surface area (Å²) in [6, 6.07) is -7.45. The third-order valence-electron chi connectivity index (χ3n) is 17.2. The molecule has 0 fully saturated rings. The molecule has 34 nitrogen and oxygen atoms in total. The Bertz CT molecular complexity index is 3140. The van der Waals surface area contributed by atoms with Crippen molar-refractivity contribution in [3.05, 3.63) is 54.1 Å². The van der Waals surface area contributed by atoms with Gasteiger partial charge in [-0.25, -0.2) is 9.78 Å². The van der Waals surface area contributed by atoms with Crippen LogP contribution >= 0.6 is 11.8 Å². The van der Waals surface area contributed by atoms with Gasteiger partial charge in [-0.3, -0.25) is 67.3 Å². The number of carbonyl (C=O) groups is 14. The molecule has 0 saturated carbocycles. The summed E-state index contributed by atoms with van der Waals surface area (Å²) in [5.41, 5.74) is 25.0. The quantitative estimate of drug-likeness (QED) is 0.0326. The molecule has 15 atom stereocenters. The highest BCUT2D eigenvalue weighted by molar-refractivity contribution is 8.14. The number of hydrogen-bond donors (Lipinski definition) is 18. The van der Waals surface area contributed by atoms with Gasteiger partial charge in [0.1, 0.15) is 60.4 Å². The molecule has 0 saturated heterocycles. The monoisotopic (exact) mass is 1440 g/mol. The molecular formula is C66H105N17O17S. The van der Waals surface area contributed by atoms with Gasteiger partial charge in [0.05, 0.1) is 36.3 Å². The van der Waals surface area contributed by atoms with Gasteiger partial charge in [-0.1, -0.05) is 105 Å². The second-order valence-electron chi connectivity index (χ2n) is 25.8. The summed E-state index contributed by atoms with van der Waals surface area (Å²) in [5.74, 6) is -15.7. The molecule has 0 spiro atoms. The summed E-state index contributed by atoms with van der Waals surface area (Å²) in [6.07, 6.45) is 0.765. The van der Waals surface area contributed by atoms with Crippen LogP contribution in [0.5, 0.6) is 0 Å². The van der Waals surface area contributed by atoms with Crippen LogP contribution in [0.15, 0.2) is 47.8 Å². The van der Waals surface area contributed by atoms with Crippen molar-refractivity contribution in [2.75, 3.05) is 18.8 Å². The number of thioether (sulfide) groups is 1. The van der Waals surface area contributed by atoms with Gasteiger partial charge in [-0.2, -0.15) is 0 Å². The Kier molecular flexibility index (Phi) is 37.7. The maximum Gasteiger partial charge on any atom is 0.326 e. The number of aliphatic carboxylic acids is 3. The molecule has 0 unspecified atom stereocenters. The lowest BCUT2D eigenvalue weighted by atomic mass is 9.96. The molecule has 22 N–H and O–H groups in total. The number of hydrogen-bond acceptors (Lipinski definition) is 20. The molecule has 11 amide bonds. The minimum atomic E-state index is -1.91. The third-order valence-corrected chi connectivity index (χ3v) is 18.3. The summed E-state index contributed by atoms with van der Waals surface area (Å²) in [5, 5.41) is 55.6. The second-order valence-corrected chi connectivity index (χ2v) is 26.9. The van der Waals surface area contributed by atoms with E-state index in [1.54, 1.807) is 71.9 Å². The lowest BCUT2D eigenvalue weighted by molar-refractivity contribution is -0.144. The highest BCUT2D eigenvalue weighted by Gasteiger charge is 2.39. The number of rotatable bonds is 48. The molecule has 2 heterocycles. The van der Waals surface area contributed by atoms with E-state index >= 15 is 0 Å². The standard InChI is InChI=1S/C66H105N17O17S/c1-9-35(6)52(70)65-81-48(32-101-65)63(97)78-44(26-34(4)5)60(94)75-43(22-23-50(85)86)59(93)82-53(36(7)10-2)64(98)76-41(57(91)74-42(21-17-24-67)58(92)83-54(66(99)100)37(8)11-3)20-15-16-25-72-56(90)46(29-49(69)84)79-62(96)47(30-51(87)88)80-61(95)45(28-39-31-71-33-73-39)77-55(89)40(68)27-38-18-13-12-14-19-38/h12-14,18-19,31,33-37,40-48,52-54H,9-11,15-17,20-30,32,67-68,70H2,1-8H3,(H2,69,84)(H,71,73)(H,72,90)(H,74,91)(H,75,94)(H,76,98)(H,77,89)(H,78,97)(H,79,96)(H,80,95)(H,82,93)(H,83,92)(H,85,86)(H,87,88)(H,99,100)/t35-,36-,37-,40+,41-,42+,43+,44-,45-,46-,47+,48-,52-,53-,54-/m0/s1. The van der Waals surface area contributed by atoms with Crippen molar-refractivity contribution in [3.8, 4) is 0 Å². The van der Waals surface area contributed by atoms with E-state index in [0.29, 0.717) is 22.7 Å². The van der Waals surface area contributed by atoms with E-state index in [4.69, 9.17) is 22.9 Å². The Labute approximate surface area is 591 Å². The van der Waals surface area contributed by atoms with Crippen LogP contribution in [0.3, 0.4) is 0 Å². The van der Waals surface area contributed by atoms with Crippen LogP contribution in [0.25, 0.3) is 0 Å². The Morgan fingerprint density at radius 2 is 1.08 bits per heavy atom. The number of aliphatic imine (C=N–C) groups is 1. The van der Waals surface area contributed by atoms with E-state index in [-0.39, 0.29) is 88.5 Å². The average molecular weight is 1440 g/mol. The van der Waals surface area contributed by atoms with Gasteiger partial charge in [0.25, 0.3) is 0 Å². The maximum atomic E-state index is 14.7. The number of H-pyrrole nitrogens is 1. The zero-order chi connectivity index (χ0) is 75.6. The number of carboxylic acid groups (broad SMARTS) is 3. The Morgan fingerprint density at radius 1 is 0.564 bits per heavy atom. The fourth-order valence-electron chi connectivity index (χ4n) is 10.5. The zero-order valence-electron chi connectivity index (χ0n) is 58.7. The van der Waals surface area contributed by atoms with Crippen molar-refractivity contribution >= 4 is 99.7 Å². The number of imidazole rings is 1. The van der Waals surface area contributed by atoms with E-state index in [9.17, 15) is 82.4 Å². The number of nitrogens with two attached hydrogens (primary N) is 4. The van der Waals surface area contributed by atoms with Crippen LogP contribution < -0.4 is 76.1 Å². The van der Waals surface area contributed by atoms with Gasteiger partial charge in [0.2, 0.25) is 65.0 Å². The first-order chi connectivity index (χ1) is 47.7. The molecule has 0 bridgehead atoms. The van der Waals surface area contributed by atoms with Crippen molar-refractivity contribution in [1.82, 2.24) is 63.1 Å². The third kappa shape index (κ3) is 30.3. The average Bonchev–Trinajstić information content (AvgIpc) is 1.83. The SMILES string of the molecule is CC[C@H](C)[C@H](N)C1=N[C@H](C(=O)N[C@@H](CC(C)C)C(=O)N[C@H](CCC(=O)O)C(=O)N[C@H](C(=O)N[C@@H](CCCCNC(=O)[C@H](CC(N)=O)NC(=O)[C@@H](CC(=O)O)NC(=O)[C@H](Cc2cnc[nH]2)NC(=O)[C@H](N)Cc2ccccc2)C(=O)N[C@H](CCCN)C(=O)N[C@H](C(=O)O)[C@@H](C)CC)[C@@H](C)CC)CS1. The van der Waals surface area contributed by atoms with Crippen molar-refractivity contribution in [2.24, 2.45) is 51.6 Å². The molecule has 1 aromatic carbocycles. The smallest absolute Gasteiger partial charge is 0.326 e. The van der Waals surface area contributed by atoms with Crippen LogP contribution in [0, 0.1) is 23.7 Å². The van der Waals surface area contributed by atoms with Gasteiger partial charge in [0.15, 0.2) is 0 Å². The molecule has 0 radical (unpaired) electrons.